The average Bonchev–Trinajstić information content (AvgIpc) is 2.98. The average molecular weight is 292 g/mol. The van der Waals surface area contributed by atoms with Crippen LogP contribution < -0.4 is 5.32 Å². The maximum Gasteiger partial charge on any atom is 0.0144 e. The molecule has 1 fully saturated rings. The number of hydrogen-bond donors (Lipinski definition) is 1. The molecule has 1 heterocycles. The van der Waals surface area contributed by atoms with Gasteiger partial charge in [0.1, 0.15) is 0 Å². The van der Waals surface area contributed by atoms with Gasteiger partial charge in [0.15, 0.2) is 0 Å². The molecule has 1 aromatic rings. The molecule has 1 saturated heterocycles. The maximum atomic E-state index is 3.78. The largest absolute Gasteiger partial charge is 0.313 e. The number of benzene rings is 1. The fourth-order valence-electron chi connectivity index (χ4n) is 2.90. The lowest BCUT2D eigenvalue weighted by molar-refractivity contribution is 0.380. The van der Waals surface area contributed by atoms with Crippen LogP contribution in [0.5, 0.6) is 0 Å². The summed E-state index contributed by atoms with van der Waals surface area (Å²) in [5.74, 6) is 4.17. The van der Waals surface area contributed by atoms with Gasteiger partial charge in [0.05, 0.1) is 0 Å². The quantitative estimate of drug-likeness (QED) is 0.795. The Morgan fingerprint density at radius 3 is 2.55 bits per heavy atom. The van der Waals surface area contributed by atoms with Gasteiger partial charge in [0.25, 0.3) is 0 Å². The number of hydrogen-bond acceptors (Lipinski definition) is 2. The highest BCUT2D eigenvalue weighted by Crippen LogP contribution is 2.28. The third kappa shape index (κ3) is 4.53. The summed E-state index contributed by atoms with van der Waals surface area (Å²) < 4.78 is 0. The first kappa shape index (κ1) is 15.9. The molecule has 2 rings (SSSR count). The molecule has 2 atom stereocenters. The van der Waals surface area contributed by atoms with Crippen LogP contribution in [0.2, 0.25) is 0 Å². The van der Waals surface area contributed by atoms with Gasteiger partial charge in [-0.25, -0.2) is 0 Å². The van der Waals surface area contributed by atoms with Crippen molar-refractivity contribution in [1.29, 1.82) is 0 Å². The van der Waals surface area contributed by atoms with Crippen molar-refractivity contribution in [3.63, 3.8) is 0 Å². The van der Waals surface area contributed by atoms with Crippen LogP contribution in [0.15, 0.2) is 24.3 Å². The molecule has 1 aliphatic heterocycles. The summed E-state index contributed by atoms with van der Waals surface area (Å²) in [5.41, 5.74) is 2.93. The SMILES string of the molecule is CCCNC(Cc1ccc(C(C)C)cc1)C1CCSC1. The second-order valence-corrected chi connectivity index (χ2v) is 7.43. The van der Waals surface area contributed by atoms with Gasteiger partial charge in [-0.3, -0.25) is 0 Å². The summed E-state index contributed by atoms with van der Waals surface area (Å²) in [5, 5.41) is 3.78. The first-order chi connectivity index (χ1) is 9.70. The zero-order valence-corrected chi connectivity index (χ0v) is 14.0. The number of nitrogens with one attached hydrogen (secondary N) is 1. The molecule has 0 aromatic heterocycles. The van der Waals surface area contributed by atoms with Crippen LogP contribution in [-0.2, 0) is 6.42 Å². The normalized spacial score (nSPS) is 20.5. The van der Waals surface area contributed by atoms with E-state index >= 15 is 0 Å². The van der Waals surface area contributed by atoms with Gasteiger partial charge in [-0.2, -0.15) is 11.8 Å². The minimum absolute atomic E-state index is 0.629. The Balaban J connectivity index is 1.98. The van der Waals surface area contributed by atoms with Crippen molar-refractivity contribution < 1.29 is 0 Å². The molecule has 0 aliphatic carbocycles. The Hall–Kier alpha value is -0.470. The van der Waals surface area contributed by atoms with Crippen LogP contribution >= 0.6 is 11.8 Å². The van der Waals surface area contributed by atoms with Crippen molar-refractivity contribution in [3.8, 4) is 0 Å². The van der Waals surface area contributed by atoms with Crippen molar-refractivity contribution in [1.82, 2.24) is 5.32 Å². The minimum Gasteiger partial charge on any atom is -0.313 e. The molecule has 1 nitrogen and oxygen atoms in total. The molecule has 112 valence electrons. The number of rotatable bonds is 7. The predicted octanol–water partition coefficient (Wildman–Crippen LogP) is 4.47. The van der Waals surface area contributed by atoms with Crippen molar-refractivity contribution in [2.24, 2.45) is 5.92 Å². The first-order valence-corrected chi connectivity index (χ1v) is 9.26. The van der Waals surface area contributed by atoms with Crippen LogP contribution in [0, 0.1) is 5.92 Å². The second kappa shape index (κ2) is 8.09. The Bertz CT molecular complexity index is 379. The molecule has 2 unspecified atom stereocenters. The van der Waals surface area contributed by atoms with Gasteiger partial charge in [0, 0.05) is 6.04 Å². The Kier molecular flexibility index (Phi) is 6.44. The van der Waals surface area contributed by atoms with E-state index in [2.05, 4.69) is 62.1 Å². The van der Waals surface area contributed by atoms with E-state index < -0.39 is 0 Å². The van der Waals surface area contributed by atoms with E-state index in [0.717, 1.165) is 12.5 Å². The van der Waals surface area contributed by atoms with E-state index in [9.17, 15) is 0 Å². The molecule has 0 amide bonds. The van der Waals surface area contributed by atoms with Gasteiger partial charge >= 0.3 is 0 Å². The lowest BCUT2D eigenvalue weighted by Gasteiger charge is -2.24. The fourth-order valence-corrected chi connectivity index (χ4v) is 4.24. The molecule has 1 aromatic carbocycles. The molecule has 0 radical (unpaired) electrons. The summed E-state index contributed by atoms with van der Waals surface area (Å²) >= 11 is 2.12. The Morgan fingerprint density at radius 1 is 1.25 bits per heavy atom. The zero-order chi connectivity index (χ0) is 14.4. The summed E-state index contributed by atoms with van der Waals surface area (Å²) in [6, 6.07) is 9.94. The van der Waals surface area contributed by atoms with Crippen LogP contribution in [0.3, 0.4) is 0 Å². The highest BCUT2D eigenvalue weighted by molar-refractivity contribution is 7.99. The summed E-state index contributed by atoms with van der Waals surface area (Å²) in [4.78, 5) is 0. The van der Waals surface area contributed by atoms with Crippen LogP contribution in [0.4, 0.5) is 0 Å². The molecule has 1 aliphatic rings. The van der Waals surface area contributed by atoms with E-state index in [1.807, 2.05) is 0 Å². The van der Waals surface area contributed by atoms with E-state index in [0.29, 0.717) is 12.0 Å². The third-order valence-corrected chi connectivity index (χ3v) is 5.48. The van der Waals surface area contributed by atoms with E-state index in [4.69, 9.17) is 0 Å². The van der Waals surface area contributed by atoms with Crippen molar-refractivity contribution in [2.45, 2.75) is 52.0 Å². The molecule has 1 N–H and O–H groups in total. The second-order valence-electron chi connectivity index (χ2n) is 6.28. The van der Waals surface area contributed by atoms with Crippen LogP contribution in [0.1, 0.15) is 50.7 Å². The molecule has 2 heteroatoms. The smallest absolute Gasteiger partial charge is 0.0144 e. The summed E-state index contributed by atoms with van der Waals surface area (Å²) in [7, 11) is 0. The lowest BCUT2D eigenvalue weighted by Crippen LogP contribution is -2.38. The molecule has 20 heavy (non-hydrogen) atoms. The highest BCUT2D eigenvalue weighted by Gasteiger charge is 2.25. The standard InChI is InChI=1S/C18H29NS/c1-4-10-19-18(17-9-11-20-13-17)12-15-5-7-16(8-6-15)14(2)3/h5-8,14,17-19H,4,9-13H2,1-3H3. The predicted molar refractivity (Wildman–Crippen MR) is 91.7 cm³/mol. The zero-order valence-electron chi connectivity index (χ0n) is 13.2. The van der Waals surface area contributed by atoms with Crippen LogP contribution in [0.25, 0.3) is 0 Å². The lowest BCUT2D eigenvalue weighted by atomic mass is 9.92. The highest BCUT2D eigenvalue weighted by atomic mass is 32.2. The first-order valence-electron chi connectivity index (χ1n) is 8.10. The number of thioether (sulfide) groups is 1. The monoisotopic (exact) mass is 291 g/mol. The molecule has 0 saturated carbocycles. The van der Waals surface area contributed by atoms with Gasteiger partial charge < -0.3 is 5.32 Å². The molecular formula is C18H29NS. The fraction of sp³-hybridized carbons (Fsp3) is 0.667. The minimum atomic E-state index is 0.629. The molecular weight excluding hydrogens is 262 g/mol. The van der Waals surface area contributed by atoms with E-state index in [-0.39, 0.29) is 0 Å². The summed E-state index contributed by atoms with van der Waals surface area (Å²) in [6.45, 7) is 7.92. The van der Waals surface area contributed by atoms with E-state index in [1.165, 1.54) is 41.9 Å². The van der Waals surface area contributed by atoms with Crippen molar-refractivity contribution >= 4 is 11.8 Å². The van der Waals surface area contributed by atoms with Crippen molar-refractivity contribution in [2.75, 3.05) is 18.1 Å². The van der Waals surface area contributed by atoms with Gasteiger partial charge in [-0.15, -0.1) is 0 Å². The van der Waals surface area contributed by atoms with Gasteiger partial charge in [-0.1, -0.05) is 45.0 Å². The Morgan fingerprint density at radius 2 is 2.00 bits per heavy atom. The van der Waals surface area contributed by atoms with E-state index in [1.54, 1.807) is 0 Å². The molecule has 0 bridgehead atoms. The van der Waals surface area contributed by atoms with Gasteiger partial charge in [-0.05, 0) is 60.3 Å². The van der Waals surface area contributed by atoms with Crippen LogP contribution in [-0.4, -0.2) is 24.1 Å². The maximum absolute atomic E-state index is 3.78. The van der Waals surface area contributed by atoms with Crippen molar-refractivity contribution in [3.05, 3.63) is 35.4 Å². The Labute approximate surface area is 128 Å². The topological polar surface area (TPSA) is 12.0 Å². The molecule has 0 spiro atoms. The van der Waals surface area contributed by atoms with Gasteiger partial charge in [0.2, 0.25) is 0 Å². The third-order valence-electron chi connectivity index (χ3n) is 4.29. The summed E-state index contributed by atoms with van der Waals surface area (Å²) in [6.07, 6.45) is 3.79.